The van der Waals surface area contributed by atoms with Gasteiger partial charge in [-0.15, -0.1) is 0 Å². The molecule has 13 heavy (non-hydrogen) atoms. The molecule has 1 atom stereocenters. The summed E-state index contributed by atoms with van der Waals surface area (Å²) in [4.78, 5) is 4.32. The molecule has 0 radical (unpaired) electrons. The molecule has 2 heterocycles. The highest BCUT2D eigenvalue weighted by atomic mass is 14.9. The van der Waals surface area contributed by atoms with Crippen molar-refractivity contribution in [3.63, 3.8) is 0 Å². The Balaban J connectivity index is 1.79. The fraction of sp³-hybridized carbons (Fsp3) is 0.545. The van der Waals surface area contributed by atoms with Crippen molar-refractivity contribution in [3.8, 4) is 0 Å². The predicted molar refractivity (Wildman–Crippen MR) is 53.5 cm³/mol. The predicted octanol–water partition coefficient (Wildman–Crippen LogP) is 1.62. The number of aryl methyl sites for hydroxylation is 1. The maximum Gasteiger partial charge on any atom is 0.0403 e. The minimum atomic E-state index is 0.877. The van der Waals surface area contributed by atoms with E-state index in [1.165, 1.54) is 31.6 Å². The van der Waals surface area contributed by atoms with Gasteiger partial charge < -0.3 is 5.32 Å². The van der Waals surface area contributed by atoms with Crippen LogP contribution in [0, 0.1) is 5.92 Å². The molecule has 0 spiro atoms. The van der Waals surface area contributed by atoms with Gasteiger partial charge in [0.25, 0.3) is 0 Å². The first-order valence-electron chi connectivity index (χ1n) is 5.06. The second kappa shape index (κ2) is 4.38. The minimum absolute atomic E-state index is 0.877. The minimum Gasteiger partial charge on any atom is -0.316 e. The van der Waals surface area contributed by atoms with Gasteiger partial charge in [0.15, 0.2) is 0 Å². The summed E-state index contributed by atoms with van der Waals surface area (Å²) in [5.41, 5.74) is 1.23. The number of nitrogens with zero attached hydrogens (tertiary/aromatic N) is 1. The van der Waals surface area contributed by atoms with E-state index in [1.54, 1.807) is 0 Å². The van der Waals surface area contributed by atoms with E-state index in [0.717, 1.165) is 12.3 Å². The third-order valence-corrected chi connectivity index (χ3v) is 2.70. The Kier molecular flexibility index (Phi) is 2.93. The monoisotopic (exact) mass is 176 g/mol. The quantitative estimate of drug-likeness (QED) is 0.757. The van der Waals surface area contributed by atoms with Crippen molar-refractivity contribution in [1.29, 1.82) is 0 Å². The lowest BCUT2D eigenvalue weighted by molar-refractivity contribution is 0.529. The van der Waals surface area contributed by atoms with E-state index in [9.17, 15) is 0 Å². The lowest BCUT2D eigenvalue weighted by Gasteiger charge is -2.06. The SMILES string of the molecule is c1ccc(CCC2CCNC2)nc1. The summed E-state index contributed by atoms with van der Waals surface area (Å²) >= 11 is 0. The van der Waals surface area contributed by atoms with E-state index in [-0.39, 0.29) is 0 Å². The first-order chi connectivity index (χ1) is 6.45. The molecule has 0 aliphatic carbocycles. The Bertz CT molecular complexity index is 240. The highest BCUT2D eigenvalue weighted by molar-refractivity contribution is 5.03. The van der Waals surface area contributed by atoms with E-state index in [4.69, 9.17) is 0 Å². The number of aromatic nitrogens is 1. The van der Waals surface area contributed by atoms with Crippen LogP contribution in [0.4, 0.5) is 0 Å². The normalized spacial score (nSPS) is 22.0. The van der Waals surface area contributed by atoms with Gasteiger partial charge in [0.1, 0.15) is 0 Å². The molecule has 1 aliphatic heterocycles. The smallest absolute Gasteiger partial charge is 0.0403 e. The summed E-state index contributed by atoms with van der Waals surface area (Å²) in [7, 11) is 0. The molecule has 1 N–H and O–H groups in total. The molecular weight excluding hydrogens is 160 g/mol. The number of rotatable bonds is 3. The molecule has 1 aliphatic rings. The van der Waals surface area contributed by atoms with Gasteiger partial charge in [0.2, 0.25) is 0 Å². The Hall–Kier alpha value is -0.890. The molecule has 1 saturated heterocycles. The summed E-state index contributed by atoms with van der Waals surface area (Å²) in [6.07, 6.45) is 5.63. The lowest BCUT2D eigenvalue weighted by Crippen LogP contribution is -2.09. The van der Waals surface area contributed by atoms with E-state index >= 15 is 0 Å². The van der Waals surface area contributed by atoms with E-state index in [2.05, 4.69) is 22.4 Å². The van der Waals surface area contributed by atoms with Gasteiger partial charge in [-0.2, -0.15) is 0 Å². The second-order valence-corrected chi connectivity index (χ2v) is 3.72. The average Bonchev–Trinajstić information content (AvgIpc) is 2.69. The van der Waals surface area contributed by atoms with Crippen LogP contribution in [0.1, 0.15) is 18.5 Å². The molecule has 0 aromatic carbocycles. The molecule has 1 aromatic rings. The molecule has 1 unspecified atom stereocenters. The highest BCUT2D eigenvalue weighted by Crippen LogP contribution is 2.14. The number of pyridine rings is 1. The van der Waals surface area contributed by atoms with E-state index in [1.807, 2.05) is 12.3 Å². The number of hydrogen-bond acceptors (Lipinski definition) is 2. The zero-order valence-electron chi connectivity index (χ0n) is 7.87. The van der Waals surface area contributed by atoms with Gasteiger partial charge in [0.05, 0.1) is 0 Å². The highest BCUT2D eigenvalue weighted by Gasteiger charge is 2.13. The maximum atomic E-state index is 4.32. The Morgan fingerprint density at radius 2 is 2.46 bits per heavy atom. The van der Waals surface area contributed by atoms with Crippen molar-refractivity contribution >= 4 is 0 Å². The van der Waals surface area contributed by atoms with Crippen LogP contribution >= 0.6 is 0 Å². The first-order valence-corrected chi connectivity index (χ1v) is 5.06. The van der Waals surface area contributed by atoms with Crippen LogP contribution in [0.2, 0.25) is 0 Å². The largest absolute Gasteiger partial charge is 0.316 e. The average molecular weight is 176 g/mol. The van der Waals surface area contributed by atoms with Crippen molar-refractivity contribution < 1.29 is 0 Å². The number of nitrogens with one attached hydrogen (secondary N) is 1. The standard InChI is InChI=1S/C11H16N2/c1-2-7-13-11(3-1)5-4-10-6-8-12-9-10/h1-3,7,10,12H,4-6,8-9H2. The molecule has 1 aromatic heterocycles. The Morgan fingerprint density at radius 1 is 1.46 bits per heavy atom. The number of hydrogen-bond donors (Lipinski definition) is 1. The lowest BCUT2D eigenvalue weighted by atomic mass is 10.0. The Labute approximate surface area is 79.4 Å². The summed E-state index contributed by atoms with van der Waals surface area (Å²) in [5, 5.41) is 3.39. The molecule has 0 bridgehead atoms. The van der Waals surface area contributed by atoms with Crippen molar-refractivity contribution in [2.75, 3.05) is 13.1 Å². The molecule has 2 rings (SSSR count). The molecule has 1 fully saturated rings. The van der Waals surface area contributed by atoms with Crippen LogP contribution < -0.4 is 5.32 Å². The van der Waals surface area contributed by atoms with Gasteiger partial charge in [-0.25, -0.2) is 0 Å². The summed E-state index contributed by atoms with van der Waals surface area (Å²) in [6, 6.07) is 6.15. The molecule has 0 amide bonds. The third kappa shape index (κ3) is 2.52. The summed E-state index contributed by atoms with van der Waals surface area (Å²) in [6.45, 7) is 2.40. The van der Waals surface area contributed by atoms with Crippen LogP contribution in [0.3, 0.4) is 0 Å². The van der Waals surface area contributed by atoms with Crippen LogP contribution in [-0.4, -0.2) is 18.1 Å². The van der Waals surface area contributed by atoms with Gasteiger partial charge in [-0.1, -0.05) is 6.07 Å². The first kappa shape index (κ1) is 8.70. The maximum absolute atomic E-state index is 4.32. The van der Waals surface area contributed by atoms with Crippen molar-refractivity contribution in [3.05, 3.63) is 30.1 Å². The molecule has 2 nitrogen and oxygen atoms in total. The van der Waals surface area contributed by atoms with Crippen LogP contribution in [0.25, 0.3) is 0 Å². The van der Waals surface area contributed by atoms with E-state index < -0.39 is 0 Å². The van der Waals surface area contributed by atoms with Crippen molar-refractivity contribution in [2.24, 2.45) is 5.92 Å². The molecule has 70 valence electrons. The Morgan fingerprint density at radius 3 is 3.15 bits per heavy atom. The summed E-state index contributed by atoms with van der Waals surface area (Å²) < 4.78 is 0. The van der Waals surface area contributed by atoms with Gasteiger partial charge in [0, 0.05) is 11.9 Å². The third-order valence-electron chi connectivity index (χ3n) is 2.70. The molecular formula is C11H16N2. The topological polar surface area (TPSA) is 24.9 Å². The second-order valence-electron chi connectivity index (χ2n) is 3.72. The zero-order chi connectivity index (χ0) is 8.93. The van der Waals surface area contributed by atoms with E-state index in [0.29, 0.717) is 0 Å². The van der Waals surface area contributed by atoms with Crippen LogP contribution in [-0.2, 0) is 6.42 Å². The van der Waals surface area contributed by atoms with Crippen molar-refractivity contribution in [1.82, 2.24) is 10.3 Å². The molecule has 0 saturated carbocycles. The van der Waals surface area contributed by atoms with Crippen molar-refractivity contribution in [2.45, 2.75) is 19.3 Å². The zero-order valence-corrected chi connectivity index (χ0v) is 7.87. The van der Waals surface area contributed by atoms with Gasteiger partial charge in [-0.05, 0) is 50.4 Å². The fourth-order valence-electron chi connectivity index (χ4n) is 1.86. The van der Waals surface area contributed by atoms with Gasteiger partial charge >= 0.3 is 0 Å². The van der Waals surface area contributed by atoms with Crippen LogP contribution in [0.5, 0.6) is 0 Å². The molecule has 2 heteroatoms. The fourth-order valence-corrected chi connectivity index (χ4v) is 1.86. The summed E-state index contributed by atoms with van der Waals surface area (Å²) in [5.74, 6) is 0.877. The van der Waals surface area contributed by atoms with Crippen LogP contribution in [0.15, 0.2) is 24.4 Å². The van der Waals surface area contributed by atoms with Gasteiger partial charge in [-0.3, -0.25) is 4.98 Å².